The van der Waals surface area contributed by atoms with E-state index in [2.05, 4.69) is 5.32 Å². The molecule has 1 N–H and O–H groups in total. The smallest absolute Gasteiger partial charge is 0.243 e. The van der Waals surface area contributed by atoms with E-state index >= 15 is 0 Å². The lowest BCUT2D eigenvalue weighted by atomic mass is 9.94. The monoisotopic (exact) mass is 502 g/mol. The van der Waals surface area contributed by atoms with Crippen LogP contribution >= 0.6 is 11.6 Å². The fourth-order valence-corrected chi connectivity index (χ4v) is 5.14. The second kappa shape index (κ2) is 13.3. The largest absolute Gasteiger partial charge is 0.352 e. The number of amides is 2. The first kappa shape index (κ1) is 26.0. The van der Waals surface area contributed by atoms with Crippen molar-refractivity contribution in [2.45, 2.75) is 70.0 Å². The number of rotatable bonds is 10. The number of hydrogen-bond acceptors (Lipinski definition) is 2. The molecule has 5 heteroatoms. The highest BCUT2D eigenvalue weighted by Gasteiger charge is 2.32. The second-order valence-corrected chi connectivity index (χ2v) is 10.1. The summed E-state index contributed by atoms with van der Waals surface area (Å²) in [5.41, 5.74) is 2.98. The molecule has 1 aliphatic carbocycles. The topological polar surface area (TPSA) is 49.4 Å². The molecule has 0 radical (unpaired) electrons. The molecular formula is C31H35ClN2O2. The van der Waals surface area contributed by atoms with Crippen LogP contribution in [0.1, 0.15) is 55.2 Å². The fourth-order valence-electron chi connectivity index (χ4n) is 4.95. The van der Waals surface area contributed by atoms with Crippen molar-refractivity contribution in [1.29, 1.82) is 0 Å². The fraction of sp³-hybridized carbons (Fsp3) is 0.355. The molecule has 0 heterocycles. The van der Waals surface area contributed by atoms with Gasteiger partial charge >= 0.3 is 0 Å². The van der Waals surface area contributed by atoms with Crippen molar-refractivity contribution in [2.24, 2.45) is 0 Å². The summed E-state index contributed by atoms with van der Waals surface area (Å²) in [6, 6.07) is 27.1. The lowest BCUT2D eigenvalue weighted by Gasteiger charge is -2.33. The highest BCUT2D eigenvalue weighted by atomic mass is 35.5. The molecule has 1 aliphatic rings. The van der Waals surface area contributed by atoms with Gasteiger partial charge in [0.15, 0.2) is 0 Å². The van der Waals surface area contributed by atoms with Gasteiger partial charge in [-0.25, -0.2) is 0 Å². The summed E-state index contributed by atoms with van der Waals surface area (Å²) >= 11 is 6.51. The van der Waals surface area contributed by atoms with Gasteiger partial charge in [0.1, 0.15) is 6.04 Å². The first-order valence-electron chi connectivity index (χ1n) is 13.0. The minimum atomic E-state index is -0.617. The van der Waals surface area contributed by atoms with Gasteiger partial charge in [0, 0.05) is 30.5 Å². The molecule has 1 saturated carbocycles. The zero-order valence-corrected chi connectivity index (χ0v) is 21.5. The number of benzene rings is 3. The van der Waals surface area contributed by atoms with E-state index in [1.165, 1.54) is 6.42 Å². The van der Waals surface area contributed by atoms with Crippen LogP contribution in [0.4, 0.5) is 0 Å². The molecule has 0 bridgehead atoms. The van der Waals surface area contributed by atoms with Gasteiger partial charge in [-0.05, 0) is 42.0 Å². The molecule has 0 aromatic heterocycles. The number of carbonyl (C=O) groups is 2. The van der Waals surface area contributed by atoms with E-state index in [0.717, 1.165) is 42.4 Å². The number of nitrogens with one attached hydrogen (secondary N) is 1. The van der Waals surface area contributed by atoms with E-state index in [9.17, 15) is 9.59 Å². The van der Waals surface area contributed by atoms with Crippen LogP contribution in [0.15, 0.2) is 84.9 Å². The average Bonchev–Trinajstić information content (AvgIpc) is 2.92. The Morgan fingerprint density at radius 1 is 0.833 bits per heavy atom. The normalized spacial score (nSPS) is 14.7. The number of carbonyl (C=O) groups excluding carboxylic acids is 2. The molecule has 0 saturated heterocycles. The minimum absolute atomic E-state index is 0.0431. The van der Waals surface area contributed by atoms with Gasteiger partial charge in [0.2, 0.25) is 11.8 Å². The van der Waals surface area contributed by atoms with Crippen molar-refractivity contribution < 1.29 is 9.59 Å². The van der Waals surface area contributed by atoms with Gasteiger partial charge in [-0.3, -0.25) is 9.59 Å². The standard InChI is InChI=1S/C31H35ClN2O2/c32-28-19-11-10-16-26(28)23-34(30(35)21-20-24-12-4-1-5-13-24)29(22-25-14-6-2-7-15-25)31(36)33-27-17-8-3-9-18-27/h1-2,4-7,10-16,19,27,29H,3,8-9,17-18,20-23H2,(H,33,36)/t29-/m0/s1. The Kier molecular flexibility index (Phi) is 9.57. The number of nitrogens with zero attached hydrogens (tertiary/aromatic N) is 1. The zero-order chi connectivity index (χ0) is 25.2. The van der Waals surface area contributed by atoms with Crippen LogP contribution in [0.3, 0.4) is 0 Å². The van der Waals surface area contributed by atoms with Crippen LogP contribution < -0.4 is 5.32 Å². The summed E-state index contributed by atoms with van der Waals surface area (Å²) in [5, 5.41) is 3.88. The quantitative estimate of drug-likeness (QED) is 0.350. The van der Waals surface area contributed by atoms with Crippen molar-refractivity contribution in [3.8, 4) is 0 Å². The van der Waals surface area contributed by atoms with Gasteiger partial charge in [-0.1, -0.05) is 110 Å². The molecule has 0 unspecified atom stereocenters. The minimum Gasteiger partial charge on any atom is -0.352 e. The van der Waals surface area contributed by atoms with E-state index in [-0.39, 0.29) is 17.9 Å². The van der Waals surface area contributed by atoms with Crippen LogP contribution in [0.5, 0.6) is 0 Å². The Morgan fingerprint density at radius 2 is 1.44 bits per heavy atom. The predicted octanol–water partition coefficient (Wildman–Crippen LogP) is 6.36. The Hall–Kier alpha value is -3.11. The summed E-state index contributed by atoms with van der Waals surface area (Å²) in [5.74, 6) is -0.121. The molecule has 2 amide bonds. The first-order valence-corrected chi connectivity index (χ1v) is 13.4. The Morgan fingerprint density at radius 3 is 2.11 bits per heavy atom. The summed E-state index contributed by atoms with van der Waals surface area (Å²) in [6.45, 7) is 0.295. The average molecular weight is 503 g/mol. The van der Waals surface area contributed by atoms with Crippen molar-refractivity contribution in [3.63, 3.8) is 0 Å². The molecule has 3 aromatic carbocycles. The molecule has 4 rings (SSSR count). The maximum Gasteiger partial charge on any atom is 0.243 e. The van der Waals surface area contributed by atoms with Gasteiger partial charge in [0.05, 0.1) is 0 Å². The Labute approximate surface area is 219 Å². The highest BCUT2D eigenvalue weighted by molar-refractivity contribution is 6.31. The third kappa shape index (κ3) is 7.44. The van der Waals surface area contributed by atoms with Crippen molar-refractivity contribution in [2.75, 3.05) is 0 Å². The number of halogens is 1. The lowest BCUT2D eigenvalue weighted by Crippen LogP contribution is -2.53. The van der Waals surface area contributed by atoms with Crippen LogP contribution in [-0.2, 0) is 29.0 Å². The molecule has 4 nitrogen and oxygen atoms in total. The van der Waals surface area contributed by atoms with E-state index in [0.29, 0.717) is 30.8 Å². The zero-order valence-electron chi connectivity index (χ0n) is 20.7. The SMILES string of the molecule is O=C(NC1CCCCC1)[C@H](Cc1ccccc1)N(Cc1ccccc1Cl)C(=O)CCc1ccccc1. The molecule has 1 fully saturated rings. The molecule has 0 spiro atoms. The predicted molar refractivity (Wildman–Crippen MR) is 146 cm³/mol. The van der Waals surface area contributed by atoms with E-state index in [1.807, 2.05) is 84.9 Å². The highest BCUT2D eigenvalue weighted by Crippen LogP contribution is 2.23. The van der Waals surface area contributed by atoms with Crippen molar-refractivity contribution in [1.82, 2.24) is 10.2 Å². The maximum absolute atomic E-state index is 13.8. The van der Waals surface area contributed by atoms with Gasteiger partial charge in [-0.15, -0.1) is 0 Å². The first-order chi connectivity index (χ1) is 17.6. The summed E-state index contributed by atoms with van der Waals surface area (Å²) < 4.78 is 0. The number of aryl methyl sites for hydroxylation is 1. The molecule has 1 atom stereocenters. The van der Waals surface area contributed by atoms with Crippen LogP contribution in [0.2, 0.25) is 5.02 Å². The van der Waals surface area contributed by atoms with Crippen LogP contribution in [-0.4, -0.2) is 28.8 Å². The third-order valence-corrected chi connectivity index (χ3v) is 7.36. The Balaban J connectivity index is 1.61. The molecule has 3 aromatic rings. The maximum atomic E-state index is 13.8. The third-order valence-electron chi connectivity index (χ3n) is 6.99. The van der Waals surface area contributed by atoms with E-state index < -0.39 is 6.04 Å². The van der Waals surface area contributed by atoms with Gasteiger partial charge < -0.3 is 10.2 Å². The second-order valence-electron chi connectivity index (χ2n) is 9.65. The van der Waals surface area contributed by atoms with Gasteiger partial charge in [-0.2, -0.15) is 0 Å². The lowest BCUT2D eigenvalue weighted by molar-refractivity contribution is -0.141. The van der Waals surface area contributed by atoms with Crippen LogP contribution in [0.25, 0.3) is 0 Å². The van der Waals surface area contributed by atoms with E-state index in [4.69, 9.17) is 11.6 Å². The van der Waals surface area contributed by atoms with Crippen molar-refractivity contribution in [3.05, 3.63) is 107 Å². The molecular weight excluding hydrogens is 468 g/mol. The summed E-state index contributed by atoms with van der Waals surface area (Å²) in [4.78, 5) is 29.3. The molecule has 36 heavy (non-hydrogen) atoms. The Bertz CT molecular complexity index is 1110. The molecule has 0 aliphatic heterocycles. The molecule has 188 valence electrons. The van der Waals surface area contributed by atoms with E-state index in [1.54, 1.807) is 4.90 Å². The number of hydrogen-bond donors (Lipinski definition) is 1. The summed E-state index contributed by atoms with van der Waals surface area (Å²) in [6.07, 6.45) is 6.89. The van der Waals surface area contributed by atoms with Crippen LogP contribution in [0, 0.1) is 0 Å². The summed E-state index contributed by atoms with van der Waals surface area (Å²) in [7, 11) is 0. The van der Waals surface area contributed by atoms with Crippen molar-refractivity contribution >= 4 is 23.4 Å². The van der Waals surface area contributed by atoms with Gasteiger partial charge in [0.25, 0.3) is 0 Å².